The number of aryl methyl sites for hydroxylation is 1. The van der Waals surface area contributed by atoms with Gasteiger partial charge in [0.05, 0.1) is 28.3 Å². The van der Waals surface area contributed by atoms with Gasteiger partial charge < -0.3 is 19.5 Å². The Balaban J connectivity index is 1.87. The predicted molar refractivity (Wildman–Crippen MR) is 103 cm³/mol. The minimum Gasteiger partial charge on any atom is -0.469 e. The third-order valence-corrected chi connectivity index (χ3v) is 6.31. The summed E-state index contributed by atoms with van der Waals surface area (Å²) in [7, 11) is 1.40. The van der Waals surface area contributed by atoms with Gasteiger partial charge in [-0.1, -0.05) is 11.8 Å². The molecule has 25 heavy (non-hydrogen) atoms. The van der Waals surface area contributed by atoms with Gasteiger partial charge in [-0.25, -0.2) is 9.97 Å². The predicted octanol–water partition coefficient (Wildman–Crippen LogP) is 2.61. The second kappa shape index (κ2) is 7.16. The number of carbonyl (C=O) groups excluding carboxylic acids is 1. The van der Waals surface area contributed by atoms with E-state index in [1.807, 2.05) is 27.0 Å². The lowest BCUT2D eigenvalue weighted by Crippen LogP contribution is -2.35. The van der Waals surface area contributed by atoms with Gasteiger partial charge in [0, 0.05) is 0 Å². The van der Waals surface area contributed by atoms with Crippen molar-refractivity contribution < 1.29 is 19.0 Å². The van der Waals surface area contributed by atoms with Crippen LogP contribution in [0.25, 0.3) is 0 Å². The van der Waals surface area contributed by atoms with Crippen LogP contribution in [0.5, 0.6) is 0 Å². The van der Waals surface area contributed by atoms with Crippen molar-refractivity contribution in [3.05, 3.63) is 9.26 Å². The summed E-state index contributed by atoms with van der Waals surface area (Å²) < 4.78 is 18.0. The number of hydrogen-bond donors (Lipinski definition) is 1. The lowest BCUT2D eigenvalue weighted by molar-refractivity contribution is -0.167. The molecule has 0 bridgehead atoms. The SMILES string of the molecule is COC(=O)[C@H]1C[C@@H](Nc2nc(SC)nc(C)c2I)[C@@H]2OC(C)(C)O[C@@H]21. The van der Waals surface area contributed by atoms with Crippen LogP contribution < -0.4 is 5.32 Å². The van der Waals surface area contributed by atoms with Crippen molar-refractivity contribution in [3.8, 4) is 0 Å². The number of fused-ring (bicyclic) bond motifs is 1. The standard InChI is InChI=1S/C16H22IN3O4S/c1-7-10(17)13(20-15(18-7)25-5)19-9-6-8(14(21)22-4)11-12(9)24-16(2,3)23-11/h8-9,11-12H,6H2,1-5H3,(H,18,19,20)/t8-,9+,11+,12-/m0/s1. The number of nitrogens with one attached hydrogen (secondary N) is 1. The van der Waals surface area contributed by atoms with E-state index in [-0.39, 0.29) is 30.1 Å². The van der Waals surface area contributed by atoms with Crippen molar-refractivity contribution >= 4 is 46.1 Å². The van der Waals surface area contributed by atoms with Gasteiger partial charge in [0.25, 0.3) is 0 Å². The van der Waals surface area contributed by atoms with Gasteiger partial charge in [-0.05, 0) is 56.0 Å². The van der Waals surface area contributed by atoms with Crippen molar-refractivity contribution in [3.63, 3.8) is 0 Å². The van der Waals surface area contributed by atoms with E-state index in [2.05, 4.69) is 37.9 Å². The van der Waals surface area contributed by atoms with Crippen molar-refractivity contribution in [2.24, 2.45) is 5.92 Å². The van der Waals surface area contributed by atoms with E-state index in [4.69, 9.17) is 14.2 Å². The Labute approximate surface area is 165 Å². The minimum absolute atomic E-state index is 0.0894. The quantitative estimate of drug-likeness (QED) is 0.306. The molecule has 0 aromatic carbocycles. The van der Waals surface area contributed by atoms with Crippen molar-refractivity contribution in [2.45, 2.75) is 56.4 Å². The largest absolute Gasteiger partial charge is 0.469 e. The van der Waals surface area contributed by atoms with E-state index in [1.54, 1.807) is 0 Å². The van der Waals surface area contributed by atoms with Gasteiger partial charge in [-0.2, -0.15) is 0 Å². The summed E-state index contributed by atoms with van der Waals surface area (Å²) in [5.74, 6) is -0.574. The van der Waals surface area contributed by atoms with E-state index in [0.717, 1.165) is 15.1 Å². The fourth-order valence-corrected chi connectivity index (χ4v) is 4.21. The Bertz CT molecular complexity index is 688. The van der Waals surface area contributed by atoms with Crippen molar-refractivity contribution in [1.82, 2.24) is 9.97 Å². The molecule has 9 heteroatoms. The number of hydrogen-bond acceptors (Lipinski definition) is 8. The lowest BCUT2D eigenvalue weighted by Gasteiger charge is -2.24. The molecule has 0 unspecified atom stereocenters. The number of methoxy groups -OCH3 is 1. The zero-order chi connectivity index (χ0) is 18.4. The second-order valence-electron chi connectivity index (χ2n) is 6.64. The highest BCUT2D eigenvalue weighted by molar-refractivity contribution is 14.1. The third kappa shape index (κ3) is 3.74. The molecule has 1 saturated heterocycles. The molecule has 0 radical (unpaired) electrons. The summed E-state index contributed by atoms with van der Waals surface area (Å²) in [5, 5.41) is 4.17. The first-order valence-corrected chi connectivity index (χ1v) is 10.3. The highest BCUT2D eigenvalue weighted by Gasteiger charge is 2.56. The Morgan fingerprint density at radius 1 is 1.36 bits per heavy atom. The topological polar surface area (TPSA) is 82.6 Å². The maximum absolute atomic E-state index is 12.2. The number of esters is 1. The zero-order valence-corrected chi connectivity index (χ0v) is 17.8. The summed E-state index contributed by atoms with van der Waals surface area (Å²) in [4.78, 5) is 21.2. The number of anilines is 1. The summed E-state index contributed by atoms with van der Waals surface area (Å²) in [6.07, 6.45) is 1.97. The molecule has 138 valence electrons. The van der Waals surface area contributed by atoms with Crippen LogP contribution in [0.2, 0.25) is 0 Å². The first-order valence-electron chi connectivity index (χ1n) is 8.04. The molecule has 0 spiro atoms. The fourth-order valence-electron chi connectivity index (χ4n) is 3.40. The molecule has 1 aromatic rings. The number of halogens is 1. The van der Waals surface area contributed by atoms with Crippen LogP contribution >= 0.6 is 34.4 Å². The average Bonchev–Trinajstić information content (AvgIpc) is 3.04. The van der Waals surface area contributed by atoms with E-state index in [0.29, 0.717) is 11.6 Å². The monoisotopic (exact) mass is 479 g/mol. The third-order valence-electron chi connectivity index (χ3n) is 4.47. The number of rotatable bonds is 4. The van der Waals surface area contributed by atoms with Gasteiger partial charge in [-0.15, -0.1) is 0 Å². The Kier molecular flexibility index (Phi) is 5.48. The smallest absolute Gasteiger partial charge is 0.311 e. The van der Waals surface area contributed by atoms with Crippen LogP contribution in [0.4, 0.5) is 5.82 Å². The van der Waals surface area contributed by atoms with Crippen LogP contribution in [-0.4, -0.2) is 53.3 Å². The molecule has 1 aromatic heterocycles. The number of ether oxygens (including phenoxy) is 3. The van der Waals surface area contributed by atoms with E-state index in [9.17, 15) is 4.79 Å². The van der Waals surface area contributed by atoms with Crippen LogP contribution in [0, 0.1) is 16.4 Å². The first kappa shape index (κ1) is 19.1. The summed E-state index contributed by atoms with van der Waals surface area (Å²) in [5.41, 5.74) is 0.922. The molecular weight excluding hydrogens is 457 g/mol. The molecule has 7 nitrogen and oxygen atoms in total. The lowest BCUT2D eigenvalue weighted by atomic mass is 10.1. The van der Waals surface area contributed by atoms with Crippen LogP contribution in [-0.2, 0) is 19.0 Å². The minimum atomic E-state index is -0.721. The van der Waals surface area contributed by atoms with Crippen LogP contribution in [0.15, 0.2) is 5.16 Å². The fraction of sp³-hybridized carbons (Fsp3) is 0.688. The number of nitrogens with zero attached hydrogens (tertiary/aromatic N) is 2. The molecule has 3 rings (SSSR count). The van der Waals surface area contributed by atoms with E-state index in [1.165, 1.54) is 18.9 Å². The van der Waals surface area contributed by atoms with Gasteiger partial charge in [0.2, 0.25) is 0 Å². The van der Waals surface area contributed by atoms with Gasteiger partial charge in [-0.3, -0.25) is 4.79 Å². The molecule has 1 aliphatic carbocycles. The number of carbonyl (C=O) groups is 1. The average molecular weight is 479 g/mol. The molecule has 1 N–H and O–H groups in total. The summed E-state index contributed by atoms with van der Waals surface area (Å²) >= 11 is 3.73. The zero-order valence-electron chi connectivity index (χ0n) is 14.8. The Morgan fingerprint density at radius 3 is 2.68 bits per heavy atom. The second-order valence-corrected chi connectivity index (χ2v) is 8.49. The van der Waals surface area contributed by atoms with Gasteiger partial charge in [0.15, 0.2) is 10.9 Å². The highest BCUT2D eigenvalue weighted by Crippen LogP contribution is 2.43. The Hall–Kier alpha value is -0.650. The maximum Gasteiger partial charge on any atom is 0.311 e. The summed E-state index contributed by atoms with van der Waals surface area (Å²) in [6, 6.07) is -0.0894. The first-order chi connectivity index (χ1) is 11.8. The molecular formula is C16H22IN3O4S. The molecule has 2 heterocycles. The van der Waals surface area contributed by atoms with Crippen LogP contribution in [0.1, 0.15) is 26.0 Å². The van der Waals surface area contributed by atoms with Gasteiger partial charge >= 0.3 is 5.97 Å². The molecule has 1 saturated carbocycles. The van der Waals surface area contributed by atoms with E-state index >= 15 is 0 Å². The van der Waals surface area contributed by atoms with Gasteiger partial charge in [0.1, 0.15) is 18.0 Å². The van der Waals surface area contributed by atoms with E-state index < -0.39 is 5.79 Å². The van der Waals surface area contributed by atoms with Crippen molar-refractivity contribution in [2.75, 3.05) is 18.7 Å². The maximum atomic E-state index is 12.2. The molecule has 4 atom stereocenters. The molecule has 0 amide bonds. The van der Waals surface area contributed by atoms with Crippen LogP contribution in [0.3, 0.4) is 0 Å². The van der Waals surface area contributed by atoms with Crippen molar-refractivity contribution in [1.29, 1.82) is 0 Å². The molecule has 1 aliphatic heterocycles. The normalized spacial score (nSPS) is 30.2. The number of aromatic nitrogens is 2. The number of thioether (sulfide) groups is 1. The molecule has 2 aliphatic rings. The molecule has 2 fully saturated rings. The summed E-state index contributed by atoms with van der Waals surface area (Å²) in [6.45, 7) is 5.68. The highest BCUT2D eigenvalue weighted by atomic mass is 127. The Morgan fingerprint density at radius 2 is 2.04 bits per heavy atom.